The van der Waals surface area contributed by atoms with Gasteiger partial charge in [-0.1, -0.05) is 65.7 Å². The lowest BCUT2D eigenvalue weighted by Gasteiger charge is -2.16. The molecule has 1 nitrogen and oxygen atoms in total. The van der Waals surface area contributed by atoms with Crippen LogP contribution in [0.5, 0.6) is 0 Å². The van der Waals surface area contributed by atoms with Crippen LogP contribution in [-0.4, -0.2) is 0 Å². The van der Waals surface area contributed by atoms with Crippen molar-refractivity contribution in [2.24, 2.45) is 7.05 Å². The molecule has 0 N–H and O–H groups in total. The molecule has 156 valence electrons. The lowest BCUT2D eigenvalue weighted by atomic mass is 9.91. The van der Waals surface area contributed by atoms with Crippen LogP contribution in [0.1, 0.15) is 33.4 Å². The summed E-state index contributed by atoms with van der Waals surface area (Å²) in [5.74, 6) is 0. The number of hydrogen-bond acceptors (Lipinski definition) is 0. The van der Waals surface area contributed by atoms with Gasteiger partial charge < -0.3 is 0 Å². The molecule has 0 aliphatic rings. The highest BCUT2D eigenvalue weighted by molar-refractivity contribution is 5.77. The molecule has 0 spiro atoms. The molecule has 4 aromatic rings. The fourth-order valence-corrected chi connectivity index (χ4v) is 5.10. The lowest BCUT2D eigenvalue weighted by molar-refractivity contribution is -0.649. The number of aryl methyl sites for hydroxylation is 6. The quantitative estimate of drug-likeness (QED) is 0.313. The Morgan fingerprint density at radius 2 is 0.871 bits per heavy atom. The molecule has 31 heavy (non-hydrogen) atoms. The predicted molar refractivity (Wildman–Crippen MR) is 132 cm³/mol. The maximum absolute atomic E-state index is 2.38. The zero-order valence-electron chi connectivity index (χ0n) is 19.8. The van der Waals surface area contributed by atoms with E-state index in [4.69, 9.17) is 0 Å². The Kier molecular flexibility index (Phi) is 5.54. The normalized spacial score (nSPS) is 11.1. The van der Waals surface area contributed by atoms with Gasteiger partial charge in [0.25, 0.3) is 0 Å². The maximum atomic E-state index is 2.38. The predicted octanol–water partition coefficient (Wildman–Crippen LogP) is 7.36. The van der Waals surface area contributed by atoms with Crippen molar-refractivity contribution >= 4 is 0 Å². The molecule has 0 atom stereocenters. The Balaban J connectivity index is 2.09. The first-order chi connectivity index (χ1) is 14.8. The van der Waals surface area contributed by atoms with E-state index in [1.807, 2.05) is 0 Å². The number of hydrogen-bond donors (Lipinski definition) is 0. The molecule has 1 heteroatoms. The minimum Gasteiger partial charge on any atom is -0.194 e. The number of nitrogens with zero attached hydrogens (tertiary/aromatic N) is 1. The van der Waals surface area contributed by atoms with Crippen LogP contribution >= 0.6 is 0 Å². The van der Waals surface area contributed by atoms with Crippen molar-refractivity contribution in [2.45, 2.75) is 41.5 Å². The van der Waals surface area contributed by atoms with Crippen molar-refractivity contribution in [1.29, 1.82) is 0 Å². The van der Waals surface area contributed by atoms with Gasteiger partial charge in [-0.15, -0.1) is 0 Å². The highest BCUT2D eigenvalue weighted by Gasteiger charge is 2.24. The zero-order chi connectivity index (χ0) is 22.3. The van der Waals surface area contributed by atoms with Crippen LogP contribution in [-0.2, 0) is 7.05 Å². The fourth-order valence-electron chi connectivity index (χ4n) is 5.10. The minimum atomic E-state index is 1.25. The van der Waals surface area contributed by atoms with Gasteiger partial charge >= 0.3 is 0 Å². The van der Waals surface area contributed by atoms with E-state index in [2.05, 4.69) is 120 Å². The first kappa shape index (κ1) is 21.1. The summed E-state index contributed by atoms with van der Waals surface area (Å²) >= 11 is 0. The second-order valence-corrected chi connectivity index (χ2v) is 8.99. The molecular weight excluding hydrogens is 374 g/mol. The monoisotopic (exact) mass is 406 g/mol. The molecule has 0 saturated heterocycles. The number of rotatable bonds is 3. The van der Waals surface area contributed by atoms with E-state index in [-0.39, 0.29) is 0 Å². The molecule has 3 aromatic carbocycles. The zero-order valence-corrected chi connectivity index (χ0v) is 19.8. The standard InChI is InChI=1S/C30H32N/c1-19-13-21(3)29(22(4)14-19)27-17-26(25-11-9-8-10-12-25)18-28(31(27)7)30-23(5)15-20(2)16-24(30)6/h8-18H,1-7H3/q+1. The third-order valence-corrected chi connectivity index (χ3v) is 6.28. The maximum Gasteiger partial charge on any atom is 0.213 e. The summed E-state index contributed by atoms with van der Waals surface area (Å²) in [6.45, 7) is 13.3. The average molecular weight is 407 g/mol. The SMILES string of the molecule is Cc1cc(C)c(-c2cc(-c3ccccc3)cc(-c3c(C)cc(C)cc3C)[n+]2C)c(C)c1. The molecule has 0 bridgehead atoms. The van der Waals surface area contributed by atoms with Crippen molar-refractivity contribution < 1.29 is 4.57 Å². The van der Waals surface area contributed by atoms with E-state index in [9.17, 15) is 0 Å². The van der Waals surface area contributed by atoms with Crippen LogP contribution in [0.4, 0.5) is 0 Å². The van der Waals surface area contributed by atoms with E-state index in [1.165, 1.54) is 67.0 Å². The Morgan fingerprint density at radius 1 is 0.484 bits per heavy atom. The van der Waals surface area contributed by atoms with Crippen molar-refractivity contribution in [3.63, 3.8) is 0 Å². The Morgan fingerprint density at radius 3 is 1.26 bits per heavy atom. The number of pyridine rings is 1. The molecule has 1 aromatic heterocycles. The van der Waals surface area contributed by atoms with E-state index < -0.39 is 0 Å². The highest BCUT2D eigenvalue weighted by atomic mass is 14.9. The summed E-state index contributed by atoms with van der Waals surface area (Å²) in [4.78, 5) is 0. The smallest absolute Gasteiger partial charge is 0.194 e. The first-order valence-electron chi connectivity index (χ1n) is 11.0. The third kappa shape index (κ3) is 3.93. The van der Waals surface area contributed by atoms with Crippen LogP contribution in [0.25, 0.3) is 33.6 Å². The van der Waals surface area contributed by atoms with Crippen LogP contribution in [0.2, 0.25) is 0 Å². The van der Waals surface area contributed by atoms with Crippen LogP contribution in [0, 0.1) is 41.5 Å². The Bertz CT molecular complexity index is 1150. The fraction of sp³-hybridized carbons (Fsp3) is 0.233. The molecule has 0 unspecified atom stereocenters. The summed E-state index contributed by atoms with van der Waals surface area (Å²) in [6, 6.07) is 24.6. The Hall–Kier alpha value is -3.19. The lowest BCUT2D eigenvalue weighted by Crippen LogP contribution is -2.35. The van der Waals surface area contributed by atoms with Gasteiger partial charge in [-0.3, -0.25) is 0 Å². The van der Waals surface area contributed by atoms with Gasteiger partial charge in [0.05, 0.1) is 11.1 Å². The third-order valence-electron chi connectivity index (χ3n) is 6.28. The molecule has 0 aliphatic heterocycles. The average Bonchev–Trinajstić information content (AvgIpc) is 2.69. The molecule has 4 rings (SSSR count). The van der Waals surface area contributed by atoms with Gasteiger partial charge in [-0.25, -0.2) is 0 Å². The minimum absolute atomic E-state index is 1.25. The van der Waals surface area contributed by atoms with Gasteiger partial charge in [0.1, 0.15) is 7.05 Å². The van der Waals surface area contributed by atoms with E-state index in [0.29, 0.717) is 0 Å². The topological polar surface area (TPSA) is 3.88 Å². The number of aromatic nitrogens is 1. The van der Waals surface area contributed by atoms with E-state index >= 15 is 0 Å². The van der Waals surface area contributed by atoms with Crippen LogP contribution in [0.3, 0.4) is 0 Å². The van der Waals surface area contributed by atoms with Gasteiger partial charge in [0, 0.05) is 12.1 Å². The van der Waals surface area contributed by atoms with Gasteiger partial charge in [0.2, 0.25) is 11.4 Å². The summed E-state index contributed by atoms with van der Waals surface area (Å²) in [6.07, 6.45) is 0. The highest BCUT2D eigenvalue weighted by Crippen LogP contribution is 2.34. The van der Waals surface area contributed by atoms with Crippen LogP contribution < -0.4 is 4.57 Å². The van der Waals surface area contributed by atoms with E-state index in [0.717, 1.165) is 0 Å². The summed E-state index contributed by atoms with van der Waals surface area (Å²) in [5.41, 5.74) is 15.6. The molecule has 0 fully saturated rings. The molecule has 0 aliphatic carbocycles. The molecule has 0 amide bonds. The molecule has 1 heterocycles. The first-order valence-corrected chi connectivity index (χ1v) is 11.0. The molecule has 0 radical (unpaired) electrons. The van der Waals surface area contributed by atoms with Crippen molar-refractivity contribution in [1.82, 2.24) is 0 Å². The van der Waals surface area contributed by atoms with E-state index in [1.54, 1.807) is 0 Å². The van der Waals surface area contributed by atoms with Crippen molar-refractivity contribution in [2.75, 3.05) is 0 Å². The van der Waals surface area contributed by atoms with Crippen LogP contribution in [0.15, 0.2) is 66.7 Å². The molecule has 0 saturated carbocycles. The molecular formula is C30H32N+. The number of benzene rings is 3. The van der Waals surface area contributed by atoms with Crippen molar-refractivity contribution in [3.8, 4) is 33.6 Å². The van der Waals surface area contributed by atoms with Gasteiger partial charge in [-0.05, 0) is 74.9 Å². The second kappa shape index (κ2) is 8.15. The summed E-state index contributed by atoms with van der Waals surface area (Å²) < 4.78 is 2.38. The van der Waals surface area contributed by atoms with Gasteiger partial charge in [0.15, 0.2) is 0 Å². The summed E-state index contributed by atoms with van der Waals surface area (Å²) in [5, 5.41) is 0. The summed E-state index contributed by atoms with van der Waals surface area (Å²) in [7, 11) is 2.21. The Labute approximate surface area is 187 Å². The van der Waals surface area contributed by atoms with Crippen molar-refractivity contribution in [3.05, 3.63) is 100 Å². The van der Waals surface area contributed by atoms with Gasteiger partial charge in [-0.2, -0.15) is 4.57 Å². The largest absolute Gasteiger partial charge is 0.213 e. The second-order valence-electron chi connectivity index (χ2n) is 8.99.